The van der Waals surface area contributed by atoms with Crippen molar-refractivity contribution in [1.29, 1.82) is 0 Å². The van der Waals surface area contributed by atoms with Crippen molar-refractivity contribution in [2.75, 3.05) is 13.2 Å². The van der Waals surface area contributed by atoms with Crippen molar-refractivity contribution in [3.05, 3.63) is 0 Å². The molecule has 0 saturated carbocycles. The number of hydrogen-bond acceptors (Lipinski definition) is 9. The molecule has 2 heterocycles. The Morgan fingerprint density at radius 1 is 1.05 bits per heavy atom. The maximum Gasteiger partial charge on any atom is 0.184 e. The lowest BCUT2D eigenvalue weighted by atomic mass is 9.96. The molecule has 2 saturated heterocycles. The Kier molecular flexibility index (Phi) is 5.88. The van der Waals surface area contributed by atoms with Gasteiger partial charge in [-0.1, -0.05) is 0 Å². The van der Waals surface area contributed by atoms with E-state index in [1.807, 2.05) is 0 Å². The first-order valence-corrected chi connectivity index (χ1v) is 6.87. The van der Waals surface area contributed by atoms with Gasteiger partial charge in [0.2, 0.25) is 0 Å². The second kappa shape index (κ2) is 7.27. The third kappa shape index (κ3) is 3.89. The van der Waals surface area contributed by atoms with Crippen LogP contribution in [0.2, 0.25) is 0 Å². The van der Waals surface area contributed by atoms with Crippen LogP contribution in [0.4, 0.5) is 0 Å². The summed E-state index contributed by atoms with van der Waals surface area (Å²) in [5.41, 5.74) is 0. The first-order chi connectivity index (χ1) is 9.93. The van der Waals surface area contributed by atoms with Gasteiger partial charge in [0.05, 0.1) is 18.8 Å². The van der Waals surface area contributed by atoms with Gasteiger partial charge < -0.3 is 44.8 Å². The van der Waals surface area contributed by atoms with Gasteiger partial charge in [0.15, 0.2) is 12.6 Å². The molecule has 8 atom stereocenters. The number of aliphatic hydroxyl groups is 6. The van der Waals surface area contributed by atoms with Crippen LogP contribution in [0.25, 0.3) is 0 Å². The minimum Gasteiger partial charge on any atom is -0.396 e. The van der Waals surface area contributed by atoms with Crippen molar-refractivity contribution in [3.63, 3.8) is 0 Å². The molecule has 2 rings (SSSR count). The molecular formula is C12H22O9. The normalized spacial score (nSPS) is 48.3. The maximum atomic E-state index is 10.1. The Labute approximate surface area is 121 Å². The van der Waals surface area contributed by atoms with E-state index in [4.69, 9.17) is 19.3 Å². The maximum absolute atomic E-state index is 10.1. The Bertz CT molecular complexity index is 328. The molecule has 0 aromatic heterocycles. The quantitative estimate of drug-likeness (QED) is 0.313. The second-order valence-electron chi connectivity index (χ2n) is 5.32. The zero-order valence-electron chi connectivity index (χ0n) is 11.4. The number of rotatable bonds is 4. The zero-order valence-corrected chi connectivity index (χ0v) is 11.4. The molecule has 0 bridgehead atoms. The fourth-order valence-electron chi connectivity index (χ4n) is 2.50. The van der Waals surface area contributed by atoms with Gasteiger partial charge in [0.25, 0.3) is 0 Å². The largest absolute Gasteiger partial charge is 0.396 e. The van der Waals surface area contributed by atoms with E-state index in [1.165, 1.54) is 0 Å². The van der Waals surface area contributed by atoms with Crippen molar-refractivity contribution >= 4 is 0 Å². The number of ether oxygens (including phenoxy) is 3. The molecule has 9 heteroatoms. The van der Waals surface area contributed by atoms with E-state index < -0.39 is 49.2 Å². The Morgan fingerprint density at radius 2 is 1.76 bits per heavy atom. The fraction of sp³-hybridized carbons (Fsp3) is 1.00. The van der Waals surface area contributed by atoms with Crippen LogP contribution in [-0.2, 0) is 14.2 Å². The van der Waals surface area contributed by atoms with Crippen LogP contribution in [-0.4, -0.2) is 93.1 Å². The second-order valence-corrected chi connectivity index (χ2v) is 5.32. The molecule has 0 aliphatic carbocycles. The van der Waals surface area contributed by atoms with Gasteiger partial charge in [0.1, 0.15) is 24.4 Å². The standard InChI is InChI=1S/C12H22O9/c13-2-1-7-8(16)10(9(17)11(18)20-7)21-12-6(15)3-5(14)4-19-12/h5-18H,1-4H2/t5-,6-,7-,8+,9-,10-,11+,12-/m0/s1. The Balaban J connectivity index is 2.01. The lowest BCUT2D eigenvalue weighted by Gasteiger charge is -2.43. The van der Waals surface area contributed by atoms with Crippen LogP contribution in [0, 0.1) is 0 Å². The molecule has 9 nitrogen and oxygen atoms in total. The molecule has 0 amide bonds. The fourth-order valence-corrected chi connectivity index (χ4v) is 2.50. The molecular weight excluding hydrogens is 288 g/mol. The molecule has 2 aliphatic heterocycles. The van der Waals surface area contributed by atoms with Gasteiger partial charge in [-0.15, -0.1) is 0 Å². The Morgan fingerprint density at radius 3 is 2.38 bits per heavy atom. The lowest BCUT2D eigenvalue weighted by Crippen LogP contribution is -2.60. The van der Waals surface area contributed by atoms with E-state index in [0.717, 1.165) is 0 Å². The minimum absolute atomic E-state index is 0.0419. The SMILES string of the molecule is OCC[C@@H]1O[C@@H](O)[C@@H](O)[C@@H](O[C@@H]2OC[C@@H](O)C[C@@H]2O)[C@@H]1O. The van der Waals surface area contributed by atoms with Crippen LogP contribution < -0.4 is 0 Å². The smallest absolute Gasteiger partial charge is 0.184 e. The molecule has 0 spiro atoms. The first kappa shape index (κ1) is 17.0. The van der Waals surface area contributed by atoms with Crippen molar-refractivity contribution in [3.8, 4) is 0 Å². The first-order valence-electron chi connectivity index (χ1n) is 6.87. The molecule has 124 valence electrons. The minimum atomic E-state index is -1.58. The Hall–Kier alpha value is -0.360. The van der Waals surface area contributed by atoms with Crippen LogP contribution in [0.3, 0.4) is 0 Å². The lowest BCUT2D eigenvalue weighted by molar-refractivity contribution is -0.333. The van der Waals surface area contributed by atoms with Crippen molar-refractivity contribution in [1.82, 2.24) is 0 Å². The van der Waals surface area contributed by atoms with Gasteiger partial charge in [-0.05, 0) is 6.42 Å². The van der Waals surface area contributed by atoms with E-state index in [-0.39, 0.29) is 26.1 Å². The predicted octanol–water partition coefficient (Wildman–Crippen LogP) is -3.34. The van der Waals surface area contributed by atoms with E-state index in [9.17, 15) is 25.5 Å². The van der Waals surface area contributed by atoms with Crippen molar-refractivity contribution < 1.29 is 44.8 Å². The van der Waals surface area contributed by atoms with Crippen molar-refractivity contribution in [2.45, 2.75) is 62.0 Å². The summed E-state index contributed by atoms with van der Waals surface area (Å²) in [5.74, 6) is 0. The predicted molar refractivity (Wildman–Crippen MR) is 65.8 cm³/mol. The monoisotopic (exact) mass is 310 g/mol. The van der Waals surface area contributed by atoms with E-state index in [2.05, 4.69) is 0 Å². The van der Waals surface area contributed by atoms with Crippen LogP contribution in [0.5, 0.6) is 0 Å². The highest BCUT2D eigenvalue weighted by Crippen LogP contribution is 2.27. The van der Waals surface area contributed by atoms with E-state index >= 15 is 0 Å². The van der Waals surface area contributed by atoms with Crippen LogP contribution in [0.1, 0.15) is 12.8 Å². The summed E-state index contributed by atoms with van der Waals surface area (Å²) in [6, 6.07) is 0. The van der Waals surface area contributed by atoms with Crippen LogP contribution in [0.15, 0.2) is 0 Å². The number of aliphatic hydroxyl groups excluding tert-OH is 6. The summed E-state index contributed by atoms with van der Waals surface area (Å²) in [6.07, 6.45) is -9.55. The molecule has 0 aromatic rings. The zero-order chi connectivity index (χ0) is 15.6. The van der Waals surface area contributed by atoms with E-state index in [1.54, 1.807) is 0 Å². The average Bonchev–Trinajstić information content (AvgIpc) is 2.43. The summed E-state index contributed by atoms with van der Waals surface area (Å²) in [5, 5.41) is 57.6. The molecule has 6 N–H and O–H groups in total. The highest BCUT2D eigenvalue weighted by molar-refractivity contribution is 4.90. The van der Waals surface area contributed by atoms with Gasteiger partial charge >= 0.3 is 0 Å². The van der Waals surface area contributed by atoms with Gasteiger partial charge in [-0.25, -0.2) is 0 Å². The topological polar surface area (TPSA) is 149 Å². The molecule has 2 aliphatic rings. The molecule has 2 fully saturated rings. The van der Waals surface area contributed by atoms with E-state index in [0.29, 0.717) is 0 Å². The molecule has 21 heavy (non-hydrogen) atoms. The summed E-state index contributed by atoms with van der Waals surface area (Å²) in [7, 11) is 0. The summed E-state index contributed by atoms with van der Waals surface area (Å²) < 4.78 is 15.5. The van der Waals surface area contributed by atoms with Gasteiger partial charge in [-0.3, -0.25) is 0 Å². The highest BCUT2D eigenvalue weighted by atomic mass is 16.7. The summed E-state index contributed by atoms with van der Waals surface area (Å²) in [4.78, 5) is 0. The molecule has 0 aromatic carbocycles. The van der Waals surface area contributed by atoms with Gasteiger partial charge in [0, 0.05) is 13.0 Å². The van der Waals surface area contributed by atoms with Gasteiger partial charge in [-0.2, -0.15) is 0 Å². The number of hydrogen-bond donors (Lipinski definition) is 6. The summed E-state index contributed by atoms with van der Waals surface area (Å²) >= 11 is 0. The van der Waals surface area contributed by atoms with Crippen LogP contribution >= 0.6 is 0 Å². The third-order valence-electron chi connectivity index (χ3n) is 3.65. The van der Waals surface area contributed by atoms with Crippen molar-refractivity contribution in [2.24, 2.45) is 0 Å². The molecule has 0 radical (unpaired) electrons. The molecule has 0 unspecified atom stereocenters. The highest BCUT2D eigenvalue weighted by Gasteiger charge is 2.46. The average molecular weight is 310 g/mol. The summed E-state index contributed by atoms with van der Waals surface area (Å²) in [6.45, 7) is -0.314. The third-order valence-corrected chi connectivity index (χ3v) is 3.65.